The molecule has 0 radical (unpaired) electrons. The molecule has 8 nitrogen and oxygen atoms in total. The molecule has 27 heavy (non-hydrogen) atoms. The molecule has 9 heteroatoms. The monoisotopic (exact) mass is 488 g/mol. The van der Waals surface area contributed by atoms with Gasteiger partial charge in [-0.15, -0.1) is 34.2 Å². The smallest absolute Gasteiger partial charge is 0.193 e. The van der Waals surface area contributed by atoms with E-state index in [0.717, 1.165) is 48.4 Å². The maximum Gasteiger partial charge on any atom is 0.193 e. The Morgan fingerprint density at radius 2 is 2.07 bits per heavy atom. The molecule has 0 saturated heterocycles. The summed E-state index contributed by atoms with van der Waals surface area (Å²) in [4.78, 5) is 6.41. The molecule has 1 N–H and O–H groups in total. The Hall–Kier alpha value is -2.04. The molecule has 1 heterocycles. The Balaban J connectivity index is 0.00000364. The molecule has 0 spiro atoms. The first kappa shape index (κ1) is 23.0. The molecule has 2 rings (SSSR count). The van der Waals surface area contributed by atoms with Gasteiger partial charge in [-0.25, -0.2) is 0 Å². The number of ether oxygens (including phenoxy) is 2. The van der Waals surface area contributed by atoms with Crippen LogP contribution < -0.4 is 14.8 Å². The maximum absolute atomic E-state index is 5.47. The predicted octanol–water partition coefficient (Wildman–Crippen LogP) is 2.18. The van der Waals surface area contributed by atoms with Crippen molar-refractivity contribution in [1.29, 1.82) is 0 Å². The van der Waals surface area contributed by atoms with Crippen LogP contribution in [0.2, 0.25) is 0 Å². The minimum Gasteiger partial charge on any atom is -0.497 e. The third-order valence-corrected chi connectivity index (χ3v) is 4.12. The van der Waals surface area contributed by atoms with Gasteiger partial charge in [0.2, 0.25) is 0 Å². The van der Waals surface area contributed by atoms with Crippen LogP contribution in [0.3, 0.4) is 0 Å². The molecule has 1 aromatic carbocycles. The Morgan fingerprint density at radius 1 is 1.30 bits per heavy atom. The molecule has 0 aliphatic carbocycles. The molecule has 0 saturated carbocycles. The summed E-state index contributed by atoms with van der Waals surface area (Å²) in [5.74, 6) is 3.37. The molecular weight excluding hydrogens is 459 g/mol. The van der Waals surface area contributed by atoms with Crippen molar-refractivity contribution >= 4 is 29.9 Å². The number of nitrogens with zero attached hydrogens (tertiary/aromatic N) is 5. The van der Waals surface area contributed by atoms with E-state index in [2.05, 4.69) is 32.3 Å². The first-order chi connectivity index (χ1) is 12.6. The average molecular weight is 488 g/mol. The highest BCUT2D eigenvalue weighted by atomic mass is 127. The van der Waals surface area contributed by atoms with Gasteiger partial charge in [0.1, 0.15) is 23.7 Å². The maximum atomic E-state index is 5.47. The van der Waals surface area contributed by atoms with E-state index in [0.29, 0.717) is 6.54 Å². The predicted molar refractivity (Wildman–Crippen MR) is 117 cm³/mol. The fraction of sp³-hybridized carbons (Fsp3) is 0.500. The topological polar surface area (TPSA) is 76.8 Å². The van der Waals surface area contributed by atoms with Gasteiger partial charge in [-0.05, 0) is 12.1 Å². The summed E-state index contributed by atoms with van der Waals surface area (Å²) in [6.07, 6.45) is 2.63. The first-order valence-electron chi connectivity index (χ1n) is 8.62. The zero-order chi connectivity index (χ0) is 18.9. The Morgan fingerprint density at radius 3 is 2.70 bits per heavy atom. The van der Waals surface area contributed by atoms with Crippen molar-refractivity contribution < 1.29 is 9.47 Å². The van der Waals surface area contributed by atoms with Crippen LogP contribution in [-0.2, 0) is 19.5 Å². The van der Waals surface area contributed by atoms with Gasteiger partial charge in [0, 0.05) is 51.8 Å². The van der Waals surface area contributed by atoms with Crippen molar-refractivity contribution in [2.24, 2.45) is 4.99 Å². The van der Waals surface area contributed by atoms with Crippen LogP contribution in [0.15, 0.2) is 29.5 Å². The van der Waals surface area contributed by atoms with Gasteiger partial charge in [-0.2, -0.15) is 0 Å². The molecule has 0 bridgehead atoms. The number of guanidine groups is 1. The van der Waals surface area contributed by atoms with Crippen LogP contribution >= 0.6 is 24.0 Å². The molecule has 0 aliphatic heterocycles. The van der Waals surface area contributed by atoms with Crippen LogP contribution in [0.1, 0.15) is 18.3 Å². The summed E-state index contributed by atoms with van der Waals surface area (Å²) < 4.78 is 12.8. The van der Waals surface area contributed by atoms with E-state index in [1.54, 1.807) is 27.6 Å². The van der Waals surface area contributed by atoms with Gasteiger partial charge < -0.3 is 24.3 Å². The average Bonchev–Trinajstić information content (AvgIpc) is 3.12. The minimum absolute atomic E-state index is 0. The van der Waals surface area contributed by atoms with Gasteiger partial charge in [-0.1, -0.05) is 6.92 Å². The number of hydrogen-bond donors (Lipinski definition) is 1. The number of nitrogens with one attached hydrogen (secondary N) is 1. The zero-order valence-corrected chi connectivity index (χ0v) is 18.9. The molecule has 150 valence electrons. The second-order valence-corrected chi connectivity index (χ2v) is 5.80. The van der Waals surface area contributed by atoms with Crippen molar-refractivity contribution in [2.45, 2.75) is 26.4 Å². The summed E-state index contributed by atoms with van der Waals surface area (Å²) >= 11 is 0. The molecule has 0 aliphatic rings. The second kappa shape index (κ2) is 11.6. The van der Waals surface area contributed by atoms with Crippen molar-refractivity contribution in [2.75, 3.05) is 34.9 Å². The quantitative estimate of drug-likeness (QED) is 0.349. The highest BCUT2D eigenvalue weighted by molar-refractivity contribution is 14.0. The molecule has 0 fully saturated rings. The number of aliphatic imine (C=N–C) groups is 1. The van der Waals surface area contributed by atoms with Gasteiger partial charge in [-0.3, -0.25) is 4.99 Å². The molecule has 0 amide bonds. The second-order valence-electron chi connectivity index (χ2n) is 5.80. The van der Waals surface area contributed by atoms with E-state index < -0.39 is 0 Å². The van der Waals surface area contributed by atoms with Crippen LogP contribution in [0.5, 0.6) is 11.5 Å². The largest absolute Gasteiger partial charge is 0.497 e. The van der Waals surface area contributed by atoms with E-state index in [1.807, 2.05) is 29.8 Å². The van der Waals surface area contributed by atoms with Crippen molar-refractivity contribution in [3.05, 3.63) is 35.9 Å². The van der Waals surface area contributed by atoms with E-state index in [4.69, 9.17) is 9.47 Å². The number of methoxy groups -OCH3 is 2. The van der Waals surface area contributed by atoms with E-state index in [1.165, 1.54) is 0 Å². The summed E-state index contributed by atoms with van der Waals surface area (Å²) in [7, 11) is 7.08. The van der Waals surface area contributed by atoms with Crippen LogP contribution in [-0.4, -0.2) is 60.5 Å². The molecule has 0 atom stereocenters. The lowest BCUT2D eigenvalue weighted by Crippen LogP contribution is -2.40. The third kappa shape index (κ3) is 6.26. The van der Waals surface area contributed by atoms with Crippen LogP contribution in [0, 0.1) is 0 Å². The summed E-state index contributed by atoms with van der Waals surface area (Å²) in [5, 5.41) is 11.4. The fourth-order valence-electron chi connectivity index (χ4n) is 2.73. The Kier molecular flexibility index (Phi) is 9.90. The van der Waals surface area contributed by atoms with Gasteiger partial charge >= 0.3 is 0 Å². The lowest BCUT2D eigenvalue weighted by Gasteiger charge is -2.23. The molecule has 2 aromatic rings. The summed E-state index contributed by atoms with van der Waals surface area (Å²) in [5.41, 5.74) is 1.06. The molecule has 0 unspecified atom stereocenters. The van der Waals surface area contributed by atoms with Gasteiger partial charge in [0.15, 0.2) is 5.96 Å². The van der Waals surface area contributed by atoms with Gasteiger partial charge in [0.25, 0.3) is 0 Å². The number of benzene rings is 1. The highest BCUT2D eigenvalue weighted by Crippen LogP contribution is 2.25. The summed E-state index contributed by atoms with van der Waals surface area (Å²) in [6.45, 7) is 4.26. The number of aryl methyl sites for hydroxylation is 1. The highest BCUT2D eigenvalue weighted by Gasteiger charge is 2.11. The minimum atomic E-state index is 0. The fourth-order valence-corrected chi connectivity index (χ4v) is 2.73. The number of halogens is 1. The molecule has 1 aromatic heterocycles. The lowest BCUT2D eigenvalue weighted by atomic mass is 10.2. The number of hydrogen-bond acceptors (Lipinski definition) is 5. The van der Waals surface area contributed by atoms with E-state index >= 15 is 0 Å². The Labute approximate surface area is 178 Å². The van der Waals surface area contributed by atoms with E-state index in [9.17, 15) is 0 Å². The zero-order valence-electron chi connectivity index (χ0n) is 16.6. The first-order valence-corrected chi connectivity index (χ1v) is 8.62. The van der Waals surface area contributed by atoms with Crippen molar-refractivity contribution in [3.8, 4) is 11.5 Å². The molecular formula is C18H29IN6O2. The standard InChI is InChI=1S/C18H28N6O2.HI/c1-6-17-22-21-13-24(17)10-9-20-18(19-2)23(3)12-14-7-8-15(25-4)11-16(14)26-5;/h7-8,11,13H,6,9-10,12H2,1-5H3,(H,19,20);1H. The number of rotatable bonds is 8. The lowest BCUT2D eigenvalue weighted by molar-refractivity contribution is 0.382. The summed E-state index contributed by atoms with van der Waals surface area (Å²) in [6, 6.07) is 5.82. The number of aromatic nitrogens is 3. The SMILES string of the molecule is CCc1nncn1CCNC(=NC)N(C)Cc1ccc(OC)cc1OC.I. The van der Waals surface area contributed by atoms with Crippen molar-refractivity contribution in [3.63, 3.8) is 0 Å². The van der Waals surface area contributed by atoms with Gasteiger partial charge in [0.05, 0.1) is 14.2 Å². The Bertz CT molecular complexity index is 734. The third-order valence-electron chi connectivity index (χ3n) is 4.12. The van der Waals surface area contributed by atoms with E-state index in [-0.39, 0.29) is 24.0 Å². The van der Waals surface area contributed by atoms with Crippen molar-refractivity contribution in [1.82, 2.24) is 25.0 Å². The van der Waals surface area contributed by atoms with Crippen LogP contribution in [0.4, 0.5) is 0 Å². The normalized spacial score (nSPS) is 10.9. The van der Waals surface area contributed by atoms with Crippen LogP contribution in [0.25, 0.3) is 0 Å².